The van der Waals surface area contributed by atoms with Gasteiger partial charge in [-0.05, 0) is 18.6 Å². The maximum Gasteiger partial charge on any atom is 0.497 e. The first kappa shape index (κ1) is 24.7. The average molecular weight is 470 g/mol. The fraction of sp³-hybridized carbons (Fsp3) is 0.545. The topological polar surface area (TPSA) is 84.0 Å². The molecule has 1 fully saturated rings. The van der Waals surface area contributed by atoms with E-state index in [4.69, 9.17) is 4.84 Å². The number of nitrogens with zero attached hydrogens (tertiary/aromatic N) is 3. The van der Waals surface area contributed by atoms with Crippen LogP contribution in [0, 0.1) is 0 Å². The molecule has 1 aromatic carbocycles. The number of hydrogen-bond acceptors (Lipinski definition) is 5. The number of ketones is 1. The summed E-state index contributed by atoms with van der Waals surface area (Å²) in [5.41, 5.74) is 1.01. The van der Waals surface area contributed by atoms with Crippen molar-refractivity contribution in [2.75, 3.05) is 44.2 Å². The van der Waals surface area contributed by atoms with Crippen molar-refractivity contribution < 1.29 is 41.8 Å². The molecule has 0 bridgehead atoms. The van der Waals surface area contributed by atoms with E-state index < -0.39 is 16.8 Å². The molecule has 0 N–H and O–H groups in total. The smallest absolute Gasteiger partial charge is 0.331 e. The Kier molecular flexibility index (Phi) is 7.41. The molecule has 0 aromatic heterocycles. The maximum absolute atomic E-state index is 12.8. The van der Waals surface area contributed by atoms with Crippen molar-refractivity contribution in [1.29, 1.82) is 0 Å². The molecule has 0 radical (unpaired) electrons. The number of quaternary nitrogens is 1. The van der Waals surface area contributed by atoms with Gasteiger partial charge in [-0.25, -0.2) is 4.79 Å². The summed E-state index contributed by atoms with van der Waals surface area (Å²) in [5.74, 6) is -2.74. The number of halogens is 3. The zero-order chi connectivity index (χ0) is 24.2. The molecule has 8 nitrogen and oxygen atoms in total. The summed E-state index contributed by atoms with van der Waals surface area (Å²) in [6.45, 7) is 2.26. The van der Waals surface area contributed by atoms with Gasteiger partial charge in [0.15, 0.2) is 5.78 Å². The molecule has 33 heavy (non-hydrogen) atoms. The van der Waals surface area contributed by atoms with Gasteiger partial charge in [-0.3, -0.25) is 19.2 Å². The molecule has 0 unspecified atom stereocenters. The SMILES string of the molecule is CC(=O)N1CC[N+](CCCCN2C(=O)CCC(=O)c3ccccc32)(OC(=O)C(F)(F)F)CC1. The number of fused-ring (bicyclic) bond motifs is 1. The Morgan fingerprint density at radius 1 is 1.06 bits per heavy atom. The van der Waals surface area contributed by atoms with Crippen LogP contribution in [0.3, 0.4) is 0 Å². The molecule has 2 heterocycles. The quantitative estimate of drug-likeness (QED) is 0.471. The fourth-order valence-electron chi connectivity index (χ4n) is 4.22. The molecule has 11 heteroatoms. The van der Waals surface area contributed by atoms with E-state index in [0.717, 1.165) is 0 Å². The van der Waals surface area contributed by atoms with Gasteiger partial charge < -0.3 is 9.80 Å². The monoisotopic (exact) mass is 470 g/mol. The number of Topliss-reactive ketones (excluding diaryl/α,β-unsaturated/α-hetero) is 1. The molecule has 2 aliphatic heterocycles. The third kappa shape index (κ3) is 5.89. The number of alkyl halides is 3. The van der Waals surface area contributed by atoms with Gasteiger partial charge >= 0.3 is 12.1 Å². The van der Waals surface area contributed by atoms with Crippen molar-refractivity contribution >= 4 is 29.3 Å². The number of carbonyl (C=O) groups is 4. The van der Waals surface area contributed by atoms with E-state index in [0.29, 0.717) is 24.1 Å². The Balaban J connectivity index is 1.66. The molecular formula is C22H27F3N3O5+. The lowest BCUT2D eigenvalue weighted by molar-refractivity contribution is -1.09. The first-order chi connectivity index (χ1) is 15.5. The minimum Gasteiger partial charge on any atom is -0.331 e. The number of carbonyl (C=O) groups excluding carboxylic acids is 4. The zero-order valence-corrected chi connectivity index (χ0v) is 18.4. The van der Waals surface area contributed by atoms with Gasteiger partial charge in [0, 0.05) is 38.3 Å². The number of benzene rings is 1. The van der Waals surface area contributed by atoms with Crippen molar-refractivity contribution in [3.63, 3.8) is 0 Å². The second-order valence-electron chi connectivity index (χ2n) is 8.30. The minimum absolute atomic E-state index is 0.0569. The fourth-order valence-corrected chi connectivity index (χ4v) is 4.22. The number of rotatable bonds is 6. The Morgan fingerprint density at radius 2 is 1.73 bits per heavy atom. The van der Waals surface area contributed by atoms with Crippen LogP contribution in [0.15, 0.2) is 24.3 Å². The predicted molar refractivity (Wildman–Crippen MR) is 111 cm³/mol. The summed E-state index contributed by atoms with van der Waals surface area (Å²) >= 11 is 0. The van der Waals surface area contributed by atoms with E-state index in [1.54, 1.807) is 29.2 Å². The van der Waals surface area contributed by atoms with Crippen LogP contribution < -0.4 is 4.90 Å². The van der Waals surface area contributed by atoms with E-state index >= 15 is 0 Å². The number of hydrogen-bond donors (Lipinski definition) is 0. The first-order valence-corrected chi connectivity index (χ1v) is 10.9. The number of anilines is 1. The van der Waals surface area contributed by atoms with Gasteiger partial charge in [-0.2, -0.15) is 13.2 Å². The highest BCUT2D eigenvalue weighted by Crippen LogP contribution is 2.28. The number of amides is 2. The standard InChI is InChI=1S/C22H27F3N3O5/c1-16(29)26-11-14-28(15-12-26,33-21(32)22(23,24)25)13-5-4-10-27-18-7-3-2-6-17(18)19(30)8-9-20(27)31/h2-3,6-7H,4-5,8-15H2,1H3/q+1. The highest BCUT2D eigenvalue weighted by molar-refractivity contribution is 6.10. The maximum atomic E-state index is 12.8. The number of unbranched alkanes of at least 4 members (excludes halogenated alkanes) is 1. The van der Waals surface area contributed by atoms with Crippen LogP contribution in [0.4, 0.5) is 18.9 Å². The van der Waals surface area contributed by atoms with Gasteiger partial charge in [0.05, 0.1) is 18.8 Å². The van der Waals surface area contributed by atoms with E-state index in [-0.39, 0.29) is 69.7 Å². The first-order valence-electron chi connectivity index (χ1n) is 10.9. The molecular weight excluding hydrogens is 443 g/mol. The van der Waals surface area contributed by atoms with Gasteiger partial charge in [0.1, 0.15) is 19.6 Å². The van der Waals surface area contributed by atoms with Crippen LogP contribution in [-0.2, 0) is 19.2 Å². The average Bonchev–Trinajstić information content (AvgIpc) is 2.88. The van der Waals surface area contributed by atoms with Crippen LogP contribution in [0.25, 0.3) is 0 Å². The van der Waals surface area contributed by atoms with E-state index in [1.165, 1.54) is 11.8 Å². The lowest BCUT2D eigenvalue weighted by atomic mass is 10.1. The van der Waals surface area contributed by atoms with Gasteiger partial charge in [-0.1, -0.05) is 12.1 Å². The number of piperazine rings is 1. The van der Waals surface area contributed by atoms with Crippen LogP contribution >= 0.6 is 0 Å². The van der Waals surface area contributed by atoms with Crippen LogP contribution in [-0.4, -0.2) is 78.6 Å². The van der Waals surface area contributed by atoms with E-state index in [1.807, 2.05) is 0 Å². The predicted octanol–water partition coefficient (Wildman–Crippen LogP) is 2.48. The molecule has 1 aromatic rings. The summed E-state index contributed by atoms with van der Waals surface area (Å²) < 4.78 is 38.0. The van der Waals surface area contributed by atoms with Crippen LogP contribution in [0.2, 0.25) is 0 Å². The van der Waals surface area contributed by atoms with Crippen molar-refractivity contribution in [1.82, 2.24) is 4.90 Å². The summed E-state index contributed by atoms with van der Waals surface area (Å²) in [4.78, 5) is 55.9. The lowest BCUT2D eigenvalue weighted by Crippen LogP contribution is -2.62. The molecule has 2 aliphatic rings. The van der Waals surface area contributed by atoms with Gasteiger partial charge in [-0.15, -0.1) is 4.65 Å². The molecule has 1 saturated heterocycles. The summed E-state index contributed by atoms with van der Waals surface area (Å²) in [6, 6.07) is 6.85. The summed E-state index contributed by atoms with van der Waals surface area (Å²) in [5, 5.41) is 0. The second kappa shape index (κ2) is 9.90. The van der Waals surface area contributed by atoms with Crippen LogP contribution in [0.1, 0.15) is 43.0 Å². The Labute approximate surface area is 189 Å². The summed E-state index contributed by atoms with van der Waals surface area (Å²) in [7, 11) is 0. The van der Waals surface area contributed by atoms with Crippen LogP contribution in [0.5, 0.6) is 0 Å². The van der Waals surface area contributed by atoms with Crippen molar-refractivity contribution in [2.45, 2.75) is 38.8 Å². The third-order valence-corrected chi connectivity index (χ3v) is 6.07. The van der Waals surface area contributed by atoms with Crippen molar-refractivity contribution in [2.24, 2.45) is 0 Å². The molecule has 0 aliphatic carbocycles. The van der Waals surface area contributed by atoms with Gasteiger partial charge in [0.2, 0.25) is 11.8 Å². The normalized spacial score (nSPS) is 18.5. The third-order valence-electron chi connectivity index (χ3n) is 6.07. The molecule has 3 rings (SSSR count). The number of hydroxylamine groups is 3. The lowest BCUT2D eigenvalue weighted by Gasteiger charge is -2.41. The molecule has 0 atom stereocenters. The molecule has 2 amide bonds. The largest absolute Gasteiger partial charge is 0.497 e. The molecule has 0 saturated carbocycles. The number of para-hydroxylation sites is 1. The molecule has 0 spiro atoms. The highest BCUT2D eigenvalue weighted by atomic mass is 19.4. The summed E-state index contributed by atoms with van der Waals surface area (Å²) in [6.07, 6.45) is -4.07. The van der Waals surface area contributed by atoms with Crippen molar-refractivity contribution in [3.05, 3.63) is 29.8 Å². The highest BCUT2D eigenvalue weighted by Gasteiger charge is 2.49. The minimum atomic E-state index is -5.11. The molecule has 180 valence electrons. The van der Waals surface area contributed by atoms with Crippen molar-refractivity contribution in [3.8, 4) is 0 Å². The zero-order valence-electron chi connectivity index (χ0n) is 18.4. The Bertz CT molecular complexity index is 926. The van der Waals surface area contributed by atoms with E-state index in [2.05, 4.69) is 0 Å². The second-order valence-corrected chi connectivity index (χ2v) is 8.30. The van der Waals surface area contributed by atoms with Gasteiger partial charge in [0.25, 0.3) is 0 Å². The van der Waals surface area contributed by atoms with E-state index in [9.17, 15) is 32.3 Å². The Morgan fingerprint density at radius 3 is 2.36 bits per heavy atom. The Hall–Kier alpha value is -2.95.